The van der Waals surface area contributed by atoms with Crippen LogP contribution >= 0.6 is 11.3 Å². The predicted octanol–water partition coefficient (Wildman–Crippen LogP) is 4.00. The number of unbranched alkanes of at least 4 members (excludes halogenated alkanes) is 2. The lowest BCUT2D eigenvalue weighted by Gasteiger charge is -2.07. The number of benzene rings is 1. The van der Waals surface area contributed by atoms with Crippen molar-refractivity contribution in [3.8, 4) is 5.75 Å². The summed E-state index contributed by atoms with van der Waals surface area (Å²) in [5.74, 6) is 0.963. The highest BCUT2D eigenvalue weighted by Gasteiger charge is 1.98. The minimum atomic E-state index is 0.815. The van der Waals surface area contributed by atoms with Crippen LogP contribution in [0.25, 0.3) is 0 Å². The summed E-state index contributed by atoms with van der Waals surface area (Å²) in [5.41, 5.74) is 1.27. The minimum Gasteiger partial charge on any atom is -0.494 e. The lowest BCUT2D eigenvalue weighted by molar-refractivity contribution is 0.306. The molecule has 0 amide bonds. The van der Waals surface area contributed by atoms with E-state index in [4.69, 9.17) is 4.74 Å². The first-order valence-corrected chi connectivity index (χ1v) is 8.07. The molecule has 0 fully saturated rings. The molecule has 0 radical (unpaired) electrons. The van der Waals surface area contributed by atoms with Crippen LogP contribution in [0.4, 0.5) is 0 Å². The zero-order valence-electron chi connectivity index (χ0n) is 12.0. The van der Waals surface area contributed by atoms with Gasteiger partial charge in [-0.1, -0.05) is 31.9 Å². The van der Waals surface area contributed by atoms with E-state index in [1.807, 2.05) is 23.7 Å². The minimum absolute atomic E-state index is 0.815. The number of ether oxygens (including phenoxy) is 1. The Morgan fingerprint density at radius 2 is 2.00 bits per heavy atom. The van der Waals surface area contributed by atoms with Crippen LogP contribution < -0.4 is 10.1 Å². The van der Waals surface area contributed by atoms with E-state index in [1.54, 1.807) is 11.3 Å². The van der Waals surface area contributed by atoms with Gasteiger partial charge < -0.3 is 10.1 Å². The van der Waals surface area contributed by atoms with Gasteiger partial charge in [-0.05, 0) is 24.1 Å². The summed E-state index contributed by atoms with van der Waals surface area (Å²) in [6.07, 6.45) is 5.44. The van der Waals surface area contributed by atoms with E-state index in [-0.39, 0.29) is 0 Å². The Labute approximate surface area is 125 Å². The molecular formula is C16H22N2OS. The van der Waals surface area contributed by atoms with Gasteiger partial charge >= 0.3 is 0 Å². The van der Waals surface area contributed by atoms with Crippen molar-refractivity contribution in [2.75, 3.05) is 6.61 Å². The van der Waals surface area contributed by atoms with Crippen molar-refractivity contribution in [3.05, 3.63) is 46.4 Å². The van der Waals surface area contributed by atoms with Gasteiger partial charge in [0, 0.05) is 24.7 Å². The van der Waals surface area contributed by atoms with Crippen LogP contribution in [0.3, 0.4) is 0 Å². The second kappa shape index (κ2) is 8.72. The second-order valence-electron chi connectivity index (χ2n) is 4.73. The topological polar surface area (TPSA) is 34.1 Å². The normalized spacial score (nSPS) is 10.7. The number of aromatic nitrogens is 1. The van der Waals surface area contributed by atoms with Gasteiger partial charge in [0.15, 0.2) is 0 Å². The molecule has 0 saturated carbocycles. The average Bonchev–Trinajstić information content (AvgIpc) is 2.98. The van der Waals surface area contributed by atoms with Crippen molar-refractivity contribution in [3.63, 3.8) is 0 Å². The zero-order chi connectivity index (χ0) is 14.0. The molecule has 108 valence electrons. The van der Waals surface area contributed by atoms with E-state index >= 15 is 0 Å². The summed E-state index contributed by atoms with van der Waals surface area (Å²) in [7, 11) is 0. The summed E-state index contributed by atoms with van der Waals surface area (Å²) < 4.78 is 5.70. The van der Waals surface area contributed by atoms with Crippen LogP contribution in [-0.2, 0) is 13.1 Å². The number of rotatable bonds is 9. The first-order valence-electron chi connectivity index (χ1n) is 7.19. The SMILES string of the molecule is CCCCCOc1ccc(CNCc2nccs2)cc1. The number of hydrogen-bond acceptors (Lipinski definition) is 4. The fraction of sp³-hybridized carbons (Fsp3) is 0.438. The van der Waals surface area contributed by atoms with E-state index < -0.39 is 0 Å². The van der Waals surface area contributed by atoms with Gasteiger partial charge in [-0.15, -0.1) is 11.3 Å². The van der Waals surface area contributed by atoms with E-state index in [0.29, 0.717) is 0 Å². The third-order valence-corrected chi connectivity index (χ3v) is 3.81. The molecule has 1 aromatic carbocycles. The molecule has 2 aromatic rings. The predicted molar refractivity (Wildman–Crippen MR) is 84.1 cm³/mol. The van der Waals surface area contributed by atoms with Gasteiger partial charge in [0.1, 0.15) is 10.8 Å². The van der Waals surface area contributed by atoms with E-state index in [9.17, 15) is 0 Å². The van der Waals surface area contributed by atoms with Crippen molar-refractivity contribution in [2.45, 2.75) is 39.3 Å². The number of nitrogens with zero attached hydrogens (tertiary/aromatic N) is 1. The van der Waals surface area contributed by atoms with E-state index in [1.165, 1.54) is 18.4 Å². The molecule has 0 saturated heterocycles. The average molecular weight is 290 g/mol. The fourth-order valence-corrected chi connectivity index (χ4v) is 2.49. The maximum absolute atomic E-state index is 5.70. The van der Waals surface area contributed by atoms with Gasteiger partial charge in [0.25, 0.3) is 0 Å². The van der Waals surface area contributed by atoms with Crippen molar-refractivity contribution >= 4 is 11.3 Å². The molecule has 3 nitrogen and oxygen atoms in total. The standard InChI is InChI=1S/C16H22N2OS/c1-2-3-4-10-19-15-7-5-14(6-8-15)12-17-13-16-18-9-11-20-16/h5-9,11,17H,2-4,10,12-13H2,1H3. The zero-order valence-corrected chi connectivity index (χ0v) is 12.8. The Bertz CT molecular complexity index is 468. The van der Waals surface area contributed by atoms with Crippen molar-refractivity contribution in [1.29, 1.82) is 0 Å². The van der Waals surface area contributed by atoms with Crippen LogP contribution in [0.2, 0.25) is 0 Å². The fourth-order valence-electron chi connectivity index (χ4n) is 1.90. The summed E-state index contributed by atoms with van der Waals surface area (Å²) in [4.78, 5) is 4.25. The van der Waals surface area contributed by atoms with Gasteiger partial charge in [-0.3, -0.25) is 0 Å². The molecule has 0 bridgehead atoms. The molecule has 20 heavy (non-hydrogen) atoms. The molecule has 4 heteroatoms. The first-order chi connectivity index (χ1) is 9.88. The van der Waals surface area contributed by atoms with Gasteiger partial charge in [-0.2, -0.15) is 0 Å². The Kier molecular flexibility index (Phi) is 6.54. The third kappa shape index (κ3) is 5.31. The summed E-state index contributed by atoms with van der Waals surface area (Å²) in [6, 6.07) is 8.33. The molecule has 0 atom stereocenters. The number of nitrogens with one attached hydrogen (secondary N) is 1. The Hall–Kier alpha value is -1.39. The molecule has 0 aliphatic rings. The second-order valence-corrected chi connectivity index (χ2v) is 5.71. The van der Waals surface area contributed by atoms with E-state index in [0.717, 1.165) is 36.9 Å². The molecule has 1 N–H and O–H groups in total. The molecule has 2 rings (SSSR count). The largest absolute Gasteiger partial charge is 0.494 e. The molecule has 0 aliphatic heterocycles. The Morgan fingerprint density at radius 3 is 2.70 bits per heavy atom. The quantitative estimate of drug-likeness (QED) is 0.709. The van der Waals surface area contributed by atoms with Crippen LogP contribution in [0.5, 0.6) is 5.75 Å². The van der Waals surface area contributed by atoms with Crippen LogP contribution in [-0.4, -0.2) is 11.6 Å². The molecule has 1 heterocycles. The van der Waals surface area contributed by atoms with E-state index in [2.05, 4.69) is 29.4 Å². The van der Waals surface area contributed by atoms with Crippen molar-refractivity contribution < 1.29 is 4.74 Å². The lowest BCUT2D eigenvalue weighted by Crippen LogP contribution is -2.12. The molecular weight excluding hydrogens is 268 g/mol. The number of thiazole rings is 1. The maximum Gasteiger partial charge on any atom is 0.119 e. The highest BCUT2D eigenvalue weighted by Crippen LogP contribution is 2.13. The molecule has 0 spiro atoms. The van der Waals surface area contributed by atoms with Crippen LogP contribution in [0, 0.1) is 0 Å². The van der Waals surface area contributed by atoms with Gasteiger partial charge in [-0.25, -0.2) is 4.98 Å². The molecule has 0 unspecified atom stereocenters. The smallest absolute Gasteiger partial charge is 0.119 e. The summed E-state index contributed by atoms with van der Waals surface area (Å²) >= 11 is 1.68. The maximum atomic E-state index is 5.70. The van der Waals surface area contributed by atoms with Crippen molar-refractivity contribution in [2.24, 2.45) is 0 Å². The monoisotopic (exact) mass is 290 g/mol. The lowest BCUT2D eigenvalue weighted by atomic mass is 10.2. The van der Waals surface area contributed by atoms with Crippen molar-refractivity contribution in [1.82, 2.24) is 10.3 Å². The Balaban J connectivity index is 1.68. The van der Waals surface area contributed by atoms with Crippen LogP contribution in [0.15, 0.2) is 35.8 Å². The number of hydrogen-bond donors (Lipinski definition) is 1. The van der Waals surface area contributed by atoms with Crippen LogP contribution in [0.1, 0.15) is 36.8 Å². The Morgan fingerprint density at radius 1 is 1.15 bits per heavy atom. The third-order valence-electron chi connectivity index (χ3n) is 3.03. The highest BCUT2D eigenvalue weighted by molar-refractivity contribution is 7.09. The summed E-state index contributed by atoms with van der Waals surface area (Å²) in [5, 5.41) is 6.52. The molecule has 1 aromatic heterocycles. The summed E-state index contributed by atoms with van der Waals surface area (Å²) in [6.45, 7) is 4.70. The van der Waals surface area contributed by atoms with Gasteiger partial charge in [0.2, 0.25) is 0 Å². The van der Waals surface area contributed by atoms with Gasteiger partial charge in [0.05, 0.1) is 6.61 Å². The first kappa shape index (κ1) is 15.0. The molecule has 0 aliphatic carbocycles. The highest BCUT2D eigenvalue weighted by atomic mass is 32.1.